The number of para-hydroxylation sites is 1. The van der Waals surface area contributed by atoms with Gasteiger partial charge in [0.15, 0.2) is 23.8 Å². The molecule has 116 valence electrons. The quantitative estimate of drug-likeness (QED) is 0.290. The molecule has 0 amide bonds. The van der Waals surface area contributed by atoms with Gasteiger partial charge in [0.1, 0.15) is 0 Å². The Labute approximate surface area is 138 Å². The minimum absolute atomic E-state index is 0.0201. The molecule has 0 atom stereocenters. The molecule has 0 spiro atoms. The van der Waals surface area contributed by atoms with Gasteiger partial charge in [-0.3, -0.25) is 8.77 Å². The molecular weight excluding hydrogens is 310 g/mol. The van der Waals surface area contributed by atoms with Crippen molar-refractivity contribution in [2.75, 3.05) is 0 Å². The second-order valence-corrected chi connectivity index (χ2v) is 5.70. The highest BCUT2D eigenvalue weighted by Gasteiger charge is 2.11. The summed E-state index contributed by atoms with van der Waals surface area (Å²) in [5, 5.41) is 0. The number of carbonyl (C=O) groups excluding carboxylic acids is 1. The van der Waals surface area contributed by atoms with Crippen molar-refractivity contribution in [3.8, 4) is 5.75 Å². The van der Waals surface area contributed by atoms with Crippen LogP contribution in [-0.4, -0.2) is 9.76 Å². The van der Waals surface area contributed by atoms with Gasteiger partial charge < -0.3 is 4.89 Å². The number of aromatic nitrogens is 1. The summed E-state index contributed by atoms with van der Waals surface area (Å²) in [5.41, 5.74) is 2.39. The van der Waals surface area contributed by atoms with E-state index in [4.69, 9.17) is 9.22 Å². The van der Waals surface area contributed by atoms with Gasteiger partial charge in [-0.05, 0) is 25.1 Å². The molecule has 3 rings (SSSR count). The van der Waals surface area contributed by atoms with E-state index < -0.39 is 0 Å². The highest BCUT2D eigenvalue weighted by atomic mass is 32.2. The summed E-state index contributed by atoms with van der Waals surface area (Å²) in [7, 11) is 0. The van der Waals surface area contributed by atoms with Crippen molar-refractivity contribution < 1.29 is 14.0 Å². The van der Waals surface area contributed by atoms with E-state index in [9.17, 15) is 4.79 Å². The smallest absolute Gasteiger partial charge is 0.194 e. The van der Waals surface area contributed by atoms with Crippen LogP contribution in [0.4, 0.5) is 0 Å². The highest BCUT2D eigenvalue weighted by molar-refractivity contribution is 7.93. The fourth-order valence-corrected chi connectivity index (χ4v) is 2.44. The zero-order valence-corrected chi connectivity index (χ0v) is 13.3. The number of ketones is 1. The van der Waals surface area contributed by atoms with Crippen LogP contribution in [0.15, 0.2) is 73.1 Å². The number of hydrogen-bond acceptors (Lipinski definition) is 4. The second kappa shape index (κ2) is 7.17. The molecule has 0 unspecified atom stereocenters. The number of hydrogen-bond donors (Lipinski definition) is 0. The molecule has 23 heavy (non-hydrogen) atoms. The zero-order valence-electron chi connectivity index (χ0n) is 12.5. The van der Waals surface area contributed by atoms with E-state index in [-0.39, 0.29) is 5.78 Å². The predicted molar refractivity (Wildman–Crippen MR) is 90.2 cm³/mol. The third-order valence-corrected chi connectivity index (χ3v) is 3.76. The predicted octanol–water partition coefficient (Wildman–Crippen LogP) is 4.45. The minimum Gasteiger partial charge on any atom is -0.324 e. The lowest BCUT2D eigenvalue weighted by molar-refractivity contribution is -0.0786. The fraction of sp³-hybridized carbons (Fsp3) is 0.0556. The number of aryl methyl sites for hydroxylation is 1. The molecule has 0 aliphatic heterocycles. The topological polar surface area (TPSA) is 40.5 Å². The maximum atomic E-state index is 12.4. The van der Waals surface area contributed by atoms with Crippen LogP contribution in [0.1, 0.15) is 21.5 Å². The number of nitrogens with zero attached hydrogens (tertiary/aromatic N) is 1. The van der Waals surface area contributed by atoms with Crippen LogP contribution in [0.2, 0.25) is 0 Å². The van der Waals surface area contributed by atoms with Crippen molar-refractivity contribution in [1.29, 1.82) is 0 Å². The third kappa shape index (κ3) is 4.03. The standard InChI is InChI=1S/C18H15NO3S/c1-14-7-9-15(10-8-14)18(20)16-11-12-19(13-16)23-22-21-17-5-3-2-4-6-17/h2-13H,1H3. The van der Waals surface area contributed by atoms with Gasteiger partial charge in [-0.1, -0.05) is 52.4 Å². The van der Waals surface area contributed by atoms with Gasteiger partial charge in [0, 0.05) is 23.5 Å². The van der Waals surface area contributed by atoms with Crippen molar-refractivity contribution in [3.63, 3.8) is 0 Å². The first kappa shape index (κ1) is 15.4. The van der Waals surface area contributed by atoms with E-state index in [1.807, 2.05) is 49.4 Å². The van der Waals surface area contributed by atoms with Gasteiger partial charge in [-0.2, -0.15) is 0 Å². The molecule has 0 saturated carbocycles. The summed E-state index contributed by atoms with van der Waals surface area (Å²) in [4.78, 5) is 17.5. The lowest BCUT2D eigenvalue weighted by Crippen LogP contribution is -1.99. The van der Waals surface area contributed by atoms with E-state index in [2.05, 4.69) is 0 Å². The molecular formula is C18H15NO3S. The summed E-state index contributed by atoms with van der Waals surface area (Å²) in [6.07, 6.45) is 3.46. The molecule has 5 heteroatoms. The Hall–Kier alpha value is -2.50. The van der Waals surface area contributed by atoms with Gasteiger partial charge in [-0.25, -0.2) is 0 Å². The Kier molecular flexibility index (Phi) is 4.80. The van der Waals surface area contributed by atoms with Gasteiger partial charge in [0.05, 0.1) is 0 Å². The first-order chi connectivity index (χ1) is 11.2. The van der Waals surface area contributed by atoms with E-state index in [0.717, 1.165) is 17.8 Å². The van der Waals surface area contributed by atoms with Crippen LogP contribution in [0.25, 0.3) is 0 Å². The molecule has 0 bridgehead atoms. The minimum atomic E-state index is -0.0201. The largest absolute Gasteiger partial charge is 0.324 e. The van der Waals surface area contributed by atoms with E-state index in [0.29, 0.717) is 16.9 Å². The van der Waals surface area contributed by atoms with Gasteiger partial charge in [0.2, 0.25) is 0 Å². The van der Waals surface area contributed by atoms with Gasteiger partial charge in [-0.15, -0.1) is 0 Å². The maximum absolute atomic E-state index is 12.4. The van der Waals surface area contributed by atoms with Crippen molar-refractivity contribution >= 4 is 18.0 Å². The summed E-state index contributed by atoms with van der Waals surface area (Å²) >= 11 is 0.993. The highest BCUT2D eigenvalue weighted by Crippen LogP contribution is 2.17. The number of benzene rings is 2. The maximum Gasteiger partial charge on any atom is 0.194 e. The number of carbonyl (C=O) groups is 1. The van der Waals surface area contributed by atoms with Crippen molar-refractivity contribution in [2.24, 2.45) is 0 Å². The monoisotopic (exact) mass is 325 g/mol. The molecule has 0 fully saturated rings. The fourth-order valence-electron chi connectivity index (χ4n) is 1.99. The molecule has 2 aromatic carbocycles. The van der Waals surface area contributed by atoms with Gasteiger partial charge >= 0.3 is 0 Å². The Bertz CT molecular complexity index is 782. The lowest BCUT2D eigenvalue weighted by atomic mass is 10.0. The Morgan fingerprint density at radius 1 is 0.957 bits per heavy atom. The molecule has 3 aromatic rings. The molecule has 0 radical (unpaired) electrons. The van der Waals surface area contributed by atoms with E-state index in [1.165, 1.54) is 0 Å². The summed E-state index contributed by atoms with van der Waals surface area (Å²) < 4.78 is 6.76. The van der Waals surface area contributed by atoms with Crippen LogP contribution >= 0.6 is 12.2 Å². The van der Waals surface area contributed by atoms with E-state index >= 15 is 0 Å². The first-order valence-corrected chi connectivity index (χ1v) is 7.78. The molecule has 0 saturated heterocycles. The molecule has 0 aliphatic carbocycles. The average molecular weight is 325 g/mol. The Morgan fingerprint density at radius 2 is 1.70 bits per heavy atom. The zero-order chi connectivity index (χ0) is 16.1. The van der Waals surface area contributed by atoms with Crippen molar-refractivity contribution in [1.82, 2.24) is 3.97 Å². The Balaban J connectivity index is 1.59. The van der Waals surface area contributed by atoms with Crippen LogP contribution in [0.5, 0.6) is 5.75 Å². The van der Waals surface area contributed by atoms with Crippen LogP contribution in [-0.2, 0) is 4.33 Å². The summed E-state index contributed by atoms with van der Waals surface area (Å²) in [5.74, 6) is 0.594. The normalized spacial score (nSPS) is 10.5. The number of rotatable bonds is 6. The first-order valence-electron chi connectivity index (χ1n) is 7.08. The molecule has 4 nitrogen and oxygen atoms in total. The second-order valence-electron chi connectivity index (χ2n) is 4.99. The van der Waals surface area contributed by atoms with Crippen LogP contribution < -0.4 is 4.89 Å². The SMILES string of the molecule is Cc1ccc(C(=O)c2ccn(SOOc3ccccc3)c2)cc1. The van der Waals surface area contributed by atoms with Crippen molar-refractivity contribution in [2.45, 2.75) is 6.92 Å². The summed E-state index contributed by atoms with van der Waals surface area (Å²) in [6, 6.07) is 18.5. The van der Waals surface area contributed by atoms with Crippen molar-refractivity contribution in [3.05, 3.63) is 89.7 Å². The molecule has 0 N–H and O–H groups in total. The van der Waals surface area contributed by atoms with Gasteiger partial charge in [0.25, 0.3) is 0 Å². The molecule has 1 aromatic heterocycles. The average Bonchev–Trinajstić information content (AvgIpc) is 3.05. The third-order valence-electron chi connectivity index (χ3n) is 3.23. The Morgan fingerprint density at radius 3 is 2.43 bits per heavy atom. The molecule has 0 aliphatic rings. The van der Waals surface area contributed by atoms with Crippen LogP contribution in [0.3, 0.4) is 0 Å². The summed E-state index contributed by atoms with van der Waals surface area (Å²) in [6.45, 7) is 1.99. The lowest BCUT2D eigenvalue weighted by Gasteiger charge is -2.03. The molecule has 1 heterocycles. The van der Waals surface area contributed by atoms with Crippen LogP contribution in [0, 0.1) is 6.92 Å². The van der Waals surface area contributed by atoms with E-state index in [1.54, 1.807) is 34.6 Å².